The van der Waals surface area contributed by atoms with Gasteiger partial charge in [-0.3, -0.25) is 9.48 Å². The fourth-order valence-electron chi connectivity index (χ4n) is 3.95. The Morgan fingerprint density at radius 1 is 0.921 bits per heavy atom. The highest BCUT2D eigenvalue weighted by molar-refractivity contribution is 5.56. The molecule has 0 atom stereocenters. The van der Waals surface area contributed by atoms with Crippen molar-refractivity contribution in [2.75, 3.05) is 13.2 Å². The summed E-state index contributed by atoms with van der Waals surface area (Å²) in [5.41, 5.74) is 4.02. The van der Waals surface area contributed by atoms with Crippen LogP contribution in [0.25, 0.3) is 17.1 Å². The molecule has 0 amide bonds. The van der Waals surface area contributed by atoms with Gasteiger partial charge in [0.1, 0.15) is 11.4 Å². The molecule has 0 bridgehead atoms. The molecular formula is C29H28N6O3. The van der Waals surface area contributed by atoms with Crippen LogP contribution in [0.5, 0.6) is 5.75 Å². The number of hydrogen-bond acceptors (Lipinski definition) is 7. The summed E-state index contributed by atoms with van der Waals surface area (Å²) in [6, 6.07) is 19.4. The summed E-state index contributed by atoms with van der Waals surface area (Å²) in [4.78, 5) is 21.4. The van der Waals surface area contributed by atoms with Crippen LogP contribution in [0.15, 0.2) is 96.4 Å². The second-order valence-electron chi connectivity index (χ2n) is 8.62. The third-order valence-corrected chi connectivity index (χ3v) is 5.84. The number of ether oxygens (including phenoxy) is 2. The van der Waals surface area contributed by atoms with Crippen molar-refractivity contribution in [3.05, 3.63) is 119 Å². The lowest BCUT2D eigenvalue weighted by molar-refractivity contribution is 0.111. The van der Waals surface area contributed by atoms with Crippen molar-refractivity contribution in [3.8, 4) is 22.8 Å². The molecule has 0 aliphatic rings. The molecule has 5 rings (SSSR count). The van der Waals surface area contributed by atoms with E-state index in [1.165, 1.54) is 6.07 Å². The smallest absolute Gasteiger partial charge is 0.203 e. The quantitative estimate of drug-likeness (QED) is 0.248. The molecule has 3 aromatic heterocycles. The van der Waals surface area contributed by atoms with E-state index < -0.39 is 0 Å². The van der Waals surface area contributed by atoms with Crippen molar-refractivity contribution in [2.45, 2.75) is 26.5 Å². The minimum Gasteiger partial charge on any atom is -0.491 e. The number of rotatable bonds is 11. The maximum atomic E-state index is 12.6. The predicted molar refractivity (Wildman–Crippen MR) is 143 cm³/mol. The molecule has 0 saturated carbocycles. The summed E-state index contributed by atoms with van der Waals surface area (Å²) < 4.78 is 14.7. The second kappa shape index (κ2) is 12.1. The van der Waals surface area contributed by atoms with Crippen molar-refractivity contribution in [3.63, 3.8) is 0 Å². The normalized spacial score (nSPS) is 11.0. The lowest BCUT2D eigenvalue weighted by atomic mass is 10.1. The first-order valence-electron chi connectivity index (χ1n) is 12.5. The van der Waals surface area contributed by atoms with E-state index in [1.807, 2.05) is 67.7 Å². The summed E-state index contributed by atoms with van der Waals surface area (Å²) in [5.74, 6) is 1.22. The maximum absolute atomic E-state index is 12.6. The summed E-state index contributed by atoms with van der Waals surface area (Å²) >= 11 is 0. The van der Waals surface area contributed by atoms with Gasteiger partial charge in [-0.2, -0.15) is 10.2 Å². The molecule has 0 unspecified atom stereocenters. The first kappa shape index (κ1) is 25.0. The molecule has 0 N–H and O–H groups in total. The van der Waals surface area contributed by atoms with Crippen LogP contribution >= 0.6 is 0 Å². The highest BCUT2D eigenvalue weighted by atomic mass is 16.5. The third kappa shape index (κ3) is 6.37. The Kier molecular flexibility index (Phi) is 7.95. The van der Waals surface area contributed by atoms with E-state index in [1.54, 1.807) is 34.2 Å². The maximum Gasteiger partial charge on any atom is 0.203 e. The predicted octanol–water partition coefficient (Wildman–Crippen LogP) is 4.09. The summed E-state index contributed by atoms with van der Waals surface area (Å²) in [6.45, 7) is 4.18. The molecule has 3 heterocycles. The van der Waals surface area contributed by atoms with Gasteiger partial charge >= 0.3 is 0 Å². The molecule has 38 heavy (non-hydrogen) atoms. The topological polar surface area (TPSA) is 97.0 Å². The lowest BCUT2D eigenvalue weighted by Gasteiger charge is -2.07. The number of hydrogen-bond donors (Lipinski definition) is 0. The zero-order valence-corrected chi connectivity index (χ0v) is 21.1. The van der Waals surface area contributed by atoms with Gasteiger partial charge in [-0.1, -0.05) is 48.5 Å². The van der Waals surface area contributed by atoms with E-state index in [-0.39, 0.29) is 5.43 Å². The van der Waals surface area contributed by atoms with E-state index in [2.05, 4.69) is 20.2 Å². The number of aromatic nitrogens is 6. The Morgan fingerprint density at radius 2 is 1.74 bits per heavy atom. The summed E-state index contributed by atoms with van der Waals surface area (Å²) in [6.07, 6.45) is 8.96. The molecule has 2 aromatic carbocycles. The summed E-state index contributed by atoms with van der Waals surface area (Å²) in [7, 11) is 0. The van der Waals surface area contributed by atoms with Crippen LogP contribution in [0.4, 0.5) is 0 Å². The van der Waals surface area contributed by atoms with Gasteiger partial charge < -0.3 is 9.47 Å². The molecule has 192 valence electrons. The molecule has 5 aromatic rings. The molecule has 0 saturated heterocycles. The van der Waals surface area contributed by atoms with Crippen molar-refractivity contribution < 1.29 is 9.47 Å². The van der Waals surface area contributed by atoms with Gasteiger partial charge in [-0.15, -0.1) is 0 Å². The van der Waals surface area contributed by atoms with Gasteiger partial charge in [-0.05, 0) is 24.1 Å². The van der Waals surface area contributed by atoms with E-state index in [4.69, 9.17) is 9.47 Å². The zero-order valence-electron chi connectivity index (χ0n) is 21.1. The molecule has 0 radical (unpaired) electrons. The minimum absolute atomic E-state index is 0.120. The fraction of sp³-hybridized carbons (Fsp3) is 0.207. The highest BCUT2D eigenvalue weighted by Gasteiger charge is 2.09. The van der Waals surface area contributed by atoms with Crippen LogP contribution < -0.4 is 10.2 Å². The Bertz CT molecular complexity index is 1530. The SMILES string of the molecule is CCOc1cnc(-c2cccc(Cc3nn(-c4cnn(CCOCc5ccccc5)c4)ccc3=O)c2)nc1. The fourth-order valence-corrected chi connectivity index (χ4v) is 3.95. The monoisotopic (exact) mass is 508 g/mol. The van der Waals surface area contributed by atoms with Gasteiger partial charge in [0.15, 0.2) is 11.6 Å². The Hall–Kier alpha value is -4.63. The van der Waals surface area contributed by atoms with Crippen LogP contribution in [-0.4, -0.2) is 42.7 Å². The largest absolute Gasteiger partial charge is 0.491 e. The first-order chi connectivity index (χ1) is 18.7. The van der Waals surface area contributed by atoms with Crippen LogP contribution in [-0.2, 0) is 24.3 Å². The van der Waals surface area contributed by atoms with Gasteiger partial charge in [0.05, 0.1) is 51.2 Å². The Morgan fingerprint density at radius 3 is 2.55 bits per heavy atom. The van der Waals surface area contributed by atoms with E-state index in [0.717, 1.165) is 22.4 Å². The zero-order chi connectivity index (χ0) is 26.2. The van der Waals surface area contributed by atoms with Crippen LogP contribution in [0.2, 0.25) is 0 Å². The van der Waals surface area contributed by atoms with Gasteiger partial charge in [0, 0.05) is 24.2 Å². The molecule has 9 heteroatoms. The summed E-state index contributed by atoms with van der Waals surface area (Å²) in [5, 5.41) is 9.00. The van der Waals surface area contributed by atoms with Crippen molar-refractivity contribution >= 4 is 0 Å². The van der Waals surface area contributed by atoms with Crippen LogP contribution in [0.3, 0.4) is 0 Å². The van der Waals surface area contributed by atoms with E-state index in [0.29, 0.717) is 50.1 Å². The van der Waals surface area contributed by atoms with Gasteiger partial charge in [0.25, 0.3) is 0 Å². The molecular weight excluding hydrogens is 480 g/mol. The first-order valence-corrected chi connectivity index (χ1v) is 12.5. The average molecular weight is 509 g/mol. The van der Waals surface area contributed by atoms with Crippen molar-refractivity contribution in [1.29, 1.82) is 0 Å². The van der Waals surface area contributed by atoms with E-state index in [9.17, 15) is 4.79 Å². The molecule has 0 spiro atoms. The second-order valence-corrected chi connectivity index (χ2v) is 8.62. The molecule has 0 fully saturated rings. The third-order valence-electron chi connectivity index (χ3n) is 5.84. The van der Waals surface area contributed by atoms with Gasteiger partial charge in [-0.25, -0.2) is 14.6 Å². The van der Waals surface area contributed by atoms with Crippen molar-refractivity contribution in [2.24, 2.45) is 0 Å². The van der Waals surface area contributed by atoms with Crippen molar-refractivity contribution in [1.82, 2.24) is 29.5 Å². The standard InChI is InChI=1S/C29H28N6O3/c1-2-38-26-18-30-29(31-19-26)24-10-6-9-23(15-24)16-27-28(36)11-12-35(33-27)25-17-32-34(20-25)13-14-37-21-22-7-4-3-5-8-22/h3-12,15,17-20H,2,13-14,16,21H2,1H3. The molecule has 0 aliphatic carbocycles. The minimum atomic E-state index is -0.120. The Labute approximate surface area is 220 Å². The van der Waals surface area contributed by atoms with E-state index >= 15 is 0 Å². The highest BCUT2D eigenvalue weighted by Crippen LogP contribution is 2.19. The number of benzene rings is 2. The Balaban J connectivity index is 1.24. The average Bonchev–Trinajstić information content (AvgIpc) is 3.43. The van der Waals surface area contributed by atoms with Gasteiger partial charge in [0.2, 0.25) is 5.43 Å². The van der Waals surface area contributed by atoms with Crippen LogP contribution in [0, 0.1) is 0 Å². The van der Waals surface area contributed by atoms with Crippen LogP contribution in [0.1, 0.15) is 23.7 Å². The molecule has 9 nitrogen and oxygen atoms in total. The lowest BCUT2D eigenvalue weighted by Crippen LogP contribution is -2.16. The molecule has 0 aliphatic heterocycles. The number of nitrogens with zero attached hydrogens (tertiary/aromatic N) is 6.